The number of halogens is 1. The van der Waals surface area contributed by atoms with Crippen LogP contribution in [-0.4, -0.2) is 23.0 Å². The van der Waals surface area contributed by atoms with Gasteiger partial charge >= 0.3 is 0 Å². The van der Waals surface area contributed by atoms with Gasteiger partial charge in [0.05, 0.1) is 16.2 Å². The Labute approximate surface area is 131 Å². The summed E-state index contributed by atoms with van der Waals surface area (Å²) in [5, 5.41) is 0.798. The summed E-state index contributed by atoms with van der Waals surface area (Å²) in [4.78, 5) is 1.10. The summed E-state index contributed by atoms with van der Waals surface area (Å²) in [6.07, 6.45) is 1.00. The summed E-state index contributed by atoms with van der Waals surface area (Å²) < 4.78 is 6.13. The lowest BCUT2D eigenvalue weighted by Crippen LogP contribution is -2.42. The number of ether oxygens (including phenoxy) is 1. The van der Waals surface area contributed by atoms with Crippen molar-refractivity contribution in [2.24, 2.45) is 11.7 Å². The van der Waals surface area contributed by atoms with Crippen LogP contribution in [0.2, 0.25) is 5.02 Å². The van der Waals surface area contributed by atoms with E-state index in [-0.39, 0.29) is 17.2 Å². The Morgan fingerprint density at radius 2 is 2.00 bits per heavy atom. The van der Waals surface area contributed by atoms with Crippen molar-refractivity contribution in [3.8, 4) is 0 Å². The largest absolute Gasteiger partial charge is 0.369 e. The number of hydrogen-bond donors (Lipinski definition) is 1. The Balaban J connectivity index is 1.99. The molecule has 0 aromatic heterocycles. The van der Waals surface area contributed by atoms with Crippen molar-refractivity contribution in [1.29, 1.82) is 0 Å². The molecule has 0 aliphatic carbocycles. The van der Waals surface area contributed by atoms with Crippen LogP contribution < -0.4 is 5.73 Å². The number of benzene rings is 1. The standard InChI is InChI=1S/C16H24ClNOS/c1-15(2)9-11(16(3,4)19-15)13(18)10-20-14-8-6-5-7-12(14)17/h5-8,11,13H,9-10,18H2,1-4H3. The van der Waals surface area contributed by atoms with E-state index in [0.717, 1.165) is 22.1 Å². The van der Waals surface area contributed by atoms with Gasteiger partial charge in [0.2, 0.25) is 0 Å². The molecule has 2 atom stereocenters. The molecule has 2 N–H and O–H groups in total. The molecule has 0 amide bonds. The Hall–Kier alpha value is -0.220. The predicted octanol–water partition coefficient (Wildman–Crippen LogP) is 4.35. The SMILES string of the molecule is CC1(C)CC(C(N)CSc2ccccc2Cl)C(C)(C)O1. The van der Waals surface area contributed by atoms with Gasteiger partial charge in [0.25, 0.3) is 0 Å². The summed E-state index contributed by atoms with van der Waals surface area (Å²) in [7, 11) is 0. The van der Waals surface area contributed by atoms with E-state index < -0.39 is 0 Å². The number of nitrogens with two attached hydrogens (primary N) is 1. The van der Waals surface area contributed by atoms with Crippen LogP contribution in [0.15, 0.2) is 29.2 Å². The Morgan fingerprint density at radius 1 is 1.35 bits per heavy atom. The van der Waals surface area contributed by atoms with Gasteiger partial charge in [-0.1, -0.05) is 23.7 Å². The minimum absolute atomic E-state index is 0.0825. The second kappa shape index (κ2) is 5.88. The minimum Gasteiger partial charge on any atom is -0.369 e. The average Bonchev–Trinajstić information content (AvgIpc) is 2.56. The third-order valence-electron chi connectivity index (χ3n) is 3.93. The van der Waals surface area contributed by atoms with Gasteiger partial charge in [-0.2, -0.15) is 0 Å². The van der Waals surface area contributed by atoms with Crippen LogP contribution in [0, 0.1) is 5.92 Å². The third kappa shape index (κ3) is 3.70. The maximum atomic E-state index is 6.43. The fourth-order valence-corrected chi connectivity index (χ4v) is 4.42. The summed E-state index contributed by atoms with van der Waals surface area (Å²) in [6.45, 7) is 8.57. The number of hydrogen-bond acceptors (Lipinski definition) is 3. The monoisotopic (exact) mass is 313 g/mol. The van der Waals surface area contributed by atoms with Gasteiger partial charge in [-0.05, 0) is 46.2 Å². The fourth-order valence-electron chi connectivity index (χ4n) is 3.14. The van der Waals surface area contributed by atoms with Crippen molar-refractivity contribution in [3.05, 3.63) is 29.3 Å². The lowest BCUT2D eigenvalue weighted by molar-refractivity contribution is -0.0759. The smallest absolute Gasteiger partial charge is 0.0677 e. The molecule has 0 bridgehead atoms. The molecule has 0 spiro atoms. The summed E-state index contributed by atoms with van der Waals surface area (Å²) >= 11 is 7.91. The van der Waals surface area contributed by atoms with E-state index >= 15 is 0 Å². The molecular formula is C16H24ClNOS. The molecule has 1 aliphatic rings. The highest BCUT2D eigenvalue weighted by atomic mass is 35.5. The molecule has 1 aliphatic heterocycles. The first kappa shape index (κ1) is 16.2. The highest BCUT2D eigenvalue weighted by molar-refractivity contribution is 7.99. The Morgan fingerprint density at radius 3 is 2.55 bits per heavy atom. The van der Waals surface area contributed by atoms with E-state index in [0.29, 0.717) is 5.92 Å². The molecule has 1 saturated heterocycles. The van der Waals surface area contributed by atoms with Crippen LogP contribution in [0.1, 0.15) is 34.1 Å². The molecule has 2 nitrogen and oxygen atoms in total. The van der Waals surface area contributed by atoms with Crippen molar-refractivity contribution < 1.29 is 4.74 Å². The summed E-state index contributed by atoms with van der Waals surface area (Å²) in [6, 6.07) is 8.02. The molecule has 20 heavy (non-hydrogen) atoms. The summed E-state index contributed by atoms with van der Waals surface area (Å²) in [5.41, 5.74) is 6.18. The molecule has 2 rings (SSSR count). The van der Waals surface area contributed by atoms with Crippen molar-refractivity contribution in [1.82, 2.24) is 0 Å². The normalized spacial score (nSPS) is 25.6. The fraction of sp³-hybridized carbons (Fsp3) is 0.625. The van der Waals surface area contributed by atoms with E-state index in [1.54, 1.807) is 11.8 Å². The Bertz CT molecular complexity index is 475. The van der Waals surface area contributed by atoms with Crippen molar-refractivity contribution in [2.45, 2.75) is 56.3 Å². The van der Waals surface area contributed by atoms with Crippen LogP contribution in [0.3, 0.4) is 0 Å². The minimum atomic E-state index is -0.163. The average molecular weight is 314 g/mol. The molecule has 2 unspecified atom stereocenters. The second-order valence-corrected chi connectivity index (χ2v) is 8.15. The van der Waals surface area contributed by atoms with Gasteiger partial charge < -0.3 is 10.5 Å². The van der Waals surface area contributed by atoms with Gasteiger partial charge in [0.15, 0.2) is 0 Å². The second-order valence-electron chi connectivity index (χ2n) is 6.68. The maximum Gasteiger partial charge on any atom is 0.0677 e. The quantitative estimate of drug-likeness (QED) is 0.839. The molecule has 1 aromatic carbocycles. The molecule has 0 saturated carbocycles. The van der Waals surface area contributed by atoms with E-state index in [1.807, 2.05) is 24.3 Å². The van der Waals surface area contributed by atoms with E-state index in [1.165, 1.54) is 0 Å². The maximum absolute atomic E-state index is 6.43. The zero-order valence-electron chi connectivity index (χ0n) is 12.7. The molecule has 1 heterocycles. The van der Waals surface area contributed by atoms with E-state index in [4.69, 9.17) is 22.1 Å². The van der Waals surface area contributed by atoms with Crippen LogP contribution in [-0.2, 0) is 4.74 Å². The molecule has 1 fully saturated rings. The van der Waals surface area contributed by atoms with Crippen LogP contribution in [0.4, 0.5) is 0 Å². The zero-order valence-corrected chi connectivity index (χ0v) is 14.2. The number of thioether (sulfide) groups is 1. The van der Waals surface area contributed by atoms with E-state index in [2.05, 4.69) is 27.7 Å². The van der Waals surface area contributed by atoms with E-state index in [9.17, 15) is 0 Å². The van der Waals surface area contributed by atoms with Gasteiger partial charge in [0, 0.05) is 22.6 Å². The molecule has 4 heteroatoms. The first-order valence-electron chi connectivity index (χ1n) is 7.04. The van der Waals surface area contributed by atoms with Gasteiger partial charge in [-0.3, -0.25) is 0 Å². The molecule has 1 aromatic rings. The van der Waals surface area contributed by atoms with Crippen LogP contribution >= 0.6 is 23.4 Å². The highest BCUT2D eigenvalue weighted by Gasteiger charge is 2.48. The molecule has 112 valence electrons. The molecule has 0 radical (unpaired) electrons. The zero-order chi connectivity index (χ0) is 15.0. The summed E-state index contributed by atoms with van der Waals surface area (Å²) in [5.74, 6) is 1.23. The first-order chi connectivity index (χ1) is 9.21. The predicted molar refractivity (Wildman–Crippen MR) is 87.5 cm³/mol. The lowest BCUT2D eigenvalue weighted by Gasteiger charge is -2.30. The van der Waals surface area contributed by atoms with Crippen molar-refractivity contribution in [3.63, 3.8) is 0 Å². The lowest BCUT2D eigenvalue weighted by atomic mass is 9.83. The van der Waals surface area contributed by atoms with Gasteiger partial charge in [-0.15, -0.1) is 11.8 Å². The van der Waals surface area contributed by atoms with Crippen molar-refractivity contribution in [2.75, 3.05) is 5.75 Å². The van der Waals surface area contributed by atoms with Crippen molar-refractivity contribution >= 4 is 23.4 Å². The highest BCUT2D eigenvalue weighted by Crippen LogP contribution is 2.44. The topological polar surface area (TPSA) is 35.2 Å². The third-order valence-corrected chi connectivity index (χ3v) is 5.59. The Kier molecular flexibility index (Phi) is 4.75. The van der Waals surface area contributed by atoms with Gasteiger partial charge in [-0.25, -0.2) is 0 Å². The number of rotatable bonds is 4. The first-order valence-corrected chi connectivity index (χ1v) is 8.41. The molecular weight excluding hydrogens is 290 g/mol. The van der Waals surface area contributed by atoms with Crippen LogP contribution in [0.25, 0.3) is 0 Å². The van der Waals surface area contributed by atoms with Crippen LogP contribution in [0.5, 0.6) is 0 Å². The van der Waals surface area contributed by atoms with Gasteiger partial charge in [0.1, 0.15) is 0 Å².